The zero-order valence-corrected chi connectivity index (χ0v) is 14.7. The molecule has 0 aliphatic heterocycles. The van der Waals surface area contributed by atoms with E-state index in [1.54, 1.807) is 16.6 Å². The molecule has 6 nitrogen and oxygen atoms in total. The highest BCUT2D eigenvalue weighted by atomic mass is 32.1. The van der Waals surface area contributed by atoms with Crippen LogP contribution in [0.5, 0.6) is 11.5 Å². The van der Waals surface area contributed by atoms with Crippen molar-refractivity contribution in [3.8, 4) is 22.9 Å². The van der Waals surface area contributed by atoms with Crippen LogP contribution >= 0.6 is 11.3 Å². The Morgan fingerprint density at radius 3 is 2.62 bits per heavy atom. The molecule has 2 heterocycles. The Morgan fingerprint density at radius 1 is 1.04 bits per heavy atom. The summed E-state index contributed by atoms with van der Waals surface area (Å²) >= 11 is 1.37. The number of benzene rings is 2. The van der Waals surface area contributed by atoms with Gasteiger partial charge in [0, 0.05) is 5.56 Å². The second-order valence-corrected chi connectivity index (χ2v) is 6.43. The summed E-state index contributed by atoms with van der Waals surface area (Å²) in [6.07, 6.45) is 0. The Bertz CT molecular complexity index is 1050. The van der Waals surface area contributed by atoms with E-state index >= 15 is 0 Å². The second kappa shape index (κ2) is 7.09. The van der Waals surface area contributed by atoms with Gasteiger partial charge >= 0.3 is 0 Å². The molecule has 2 aromatic carbocycles. The molecule has 0 spiro atoms. The minimum Gasteiger partial charge on any atom is -0.490 e. The third-order valence-electron chi connectivity index (χ3n) is 3.62. The molecule has 0 radical (unpaired) electrons. The topological polar surface area (TPSA) is 61.5 Å². The molecule has 0 aliphatic rings. The lowest BCUT2D eigenvalue weighted by Crippen LogP contribution is -2.00. The van der Waals surface area contributed by atoms with Gasteiger partial charge in [-0.2, -0.15) is 9.61 Å². The van der Waals surface area contributed by atoms with E-state index in [1.165, 1.54) is 23.5 Å². The molecular weight excluding hydrogens is 355 g/mol. The molecule has 0 fully saturated rings. The molecule has 0 bridgehead atoms. The van der Waals surface area contributed by atoms with Crippen molar-refractivity contribution in [2.75, 3.05) is 6.61 Å². The van der Waals surface area contributed by atoms with Crippen molar-refractivity contribution in [1.82, 2.24) is 19.8 Å². The van der Waals surface area contributed by atoms with Crippen LogP contribution in [0.15, 0.2) is 48.5 Å². The van der Waals surface area contributed by atoms with Gasteiger partial charge in [0.2, 0.25) is 4.96 Å². The van der Waals surface area contributed by atoms with E-state index in [9.17, 15) is 4.39 Å². The number of ether oxygens (including phenoxy) is 2. The highest BCUT2D eigenvalue weighted by Gasteiger charge is 2.14. The number of aromatic nitrogens is 4. The predicted octanol–water partition coefficient (Wildman–Crippen LogP) is 3.97. The first-order valence-corrected chi connectivity index (χ1v) is 8.88. The van der Waals surface area contributed by atoms with Crippen LogP contribution in [0.25, 0.3) is 16.3 Å². The van der Waals surface area contributed by atoms with Gasteiger partial charge in [0.1, 0.15) is 12.4 Å². The monoisotopic (exact) mass is 370 g/mol. The molecule has 8 heteroatoms. The van der Waals surface area contributed by atoms with Gasteiger partial charge in [0.05, 0.1) is 6.61 Å². The average molecular weight is 370 g/mol. The van der Waals surface area contributed by atoms with E-state index in [4.69, 9.17) is 9.47 Å². The zero-order valence-electron chi connectivity index (χ0n) is 13.9. The van der Waals surface area contributed by atoms with E-state index in [2.05, 4.69) is 15.3 Å². The first-order valence-electron chi connectivity index (χ1n) is 8.06. The van der Waals surface area contributed by atoms with Crippen LogP contribution < -0.4 is 9.47 Å². The Morgan fingerprint density at radius 2 is 1.85 bits per heavy atom. The van der Waals surface area contributed by atoms with Crippen LogP contribution in [0.3, 0.4) is 0 Å². The first-order chi connectivity index (χ1) is 12.7. The highest BCUT2D eigenvalue weighted by molar-refractivity contribution is 7.16. The molecule has 4 rings (SSSR count). The van der Waals surface area contributed by atoms with E-state index in [0.29, 0.717) is 34.5 Å². The van der Waals surface area contributed by atoms with Crippen molar-refractivity contribution in [3.05, 3.63) is 59.4 Å². The summed E-state index contributed by atoms with van der Waals surface area (Å²) in [7, 11) is 0. The Kier molecular flexibility index (Phi) is 4.49. The number of halogens is 1. The summed E-state index contributed by atoms with van der Waals surface area (Å²) in [5.41, 5.74) is 0.622. The minimum absolute atomic E-state index is 0.278. The Hall–Kier alpha value is -3.00. The van der Waals surface area contributed by atoms with Crippen molar-refractivity contribution < 1.29 is 13.9 Å². The largest absolute Gasteiger partial charge is 0.490 e. The van der Waals surface area contributed by atoms with Gasteiger partial charge in [0.25, 0.3) is 0 Å². The normalized spacial score (nSPS) is 11.0. The Balaban J connectivity index is 1.57. The van der Waals surface area contributed by atoms with E-state index < -0.39 is 0 Å². The third-order valence-corrected chi connectivity index (χ3v) is 4.49. The van der Waals surface area contributed by atoms with Gasteiger partial charge in [-0.05, 0) is 31.2 Å². The predicted molar refractivity (Wildman–Crippen MR) is 96.0 cm³/mol. The van der Waals surface area contributed by atoms with Gasteiger partial charge in [-0.1, -0.05) is 35.6 Å². The number of fused-ring (bicyclic) bond motifs is 1. The van der Waals surface area contributed by atoms with Crippen molar-refractivity contribution >= 4 is 16.3 Å². The van der Waals surface area contributed by atoms with E-state index in [1.807, 2.05) is 31.2 Å². The summed E-state index contributed by atoms with van der Waals surface area (Å²) in [6.45, 7) is 2.77. The standard InChI is InChI=1S/C18H15FN4O2S/c1-2-24-14-8-3-4-9-15(14)25-11-16-22-23-17(20-21-18(23)26-16)12-6-5-7-13(19)10-12/h3-10H,2,11H2,1H3. The second-order valence-electron chi connectivity index (χ2n) is 5.39. The van der Waals surface area contributed by atoms with Crippen LogP contribution in [0, 0.1) is 5.82 Å². The maximum absolute atomic E-state index is 13.5. The fourth-order valence-electron chi connectivity index (χ4n) is 2.51. The Labute approximate surface area is 152 Å². The van der Waals surface area contributed by atoms with Crippen LogP contribution in [0.4, 0.5) is 4.39 Å². The van der Waals surface area contributed by atoms with E-state index in [-0.39, 0.29) is 12.4 Å². The lowest BCUT2D eigenvalue weighted by Gasteiger charge is -2.10. The molecule has 2 aromatic heterocycles. The van der Waals surface area contributed by atoms with Gasteiger partial charge in [-0.25, -0.2) is 4.39 Å². The fourth-order valence-corrected chi connectivity index (χ4v) is 3.25. The molecule has 0 atom stereocenters. The maximum atomic E-state index is 13.5. The number of nitrogens with zero attached hydrogens (tertiary/aromatic N) is 4. The van der Waals surface area contributed by atoms with Crippen LogP contribution in [0.2, 0.25) is 0 Å². The molecular formula is C18H15FN4O2S. The fraction of sp³-hybridized carbons (Fsp3) is 0.167. The lowest BCUT2D eigenvalue weighted by atomic mass is 10.2. The van der Waals surface area contributed by atoms with Gasteiger partial charge in [0.15, 0.2) is 22.3 Å². The summed E-state index contributed by atoms with van der Waals surface area (Å²) in [6, 6.07) is 13.7. The van der Waals surface area contributed by atoms with Crippen LogP contribution in [0.1, 0.15) is 11.9 Å². The SMILES string of the molecule is CCOc1ccccc1OCc1nn2c(-c3cccc(F)c3)nnc2s1. The van der Waals surface area contributed by atoms with Crippen molar-refractivity contribution in [1.29, 1.82) is 0 Å². The summed E-state index contributed by atoms with van der Waals surface area (Å²) in [5, 5.41) is 13.4. The molecule has 26 heavy (non-hydrogen) atoms. The molecule has 0 unspecified atom stereocenters. The summed E-state index contributed by atoms with van der Waals surface area (Å²) < 4.78 is 26.5. The van der Waals surface area contributed by atoms with Crippen molar-refractivity contribution in [2.24, 2.45) is 0 Å². The minimum atomic E-state index is -0.328. The maximum Gasteiger partial charge on any atom is 0.235 e. The van der Waals surface area contributed by atoms with Crippen molar-refractivity contribution in [3.63, 3.8) is 0 Å². The molecule has 132 valence electrons. The zero-order chi connectivity index (χ0) is 17.9. The van der Waals surface area contributed by atoms with Crippen LogP contribution in [-0.4, -0.2) is 26.4 Å². The summed E-state index contributed by atoms with van der Waals surface area (Å²) in [5.74, 6) is 1.52. The molecule has 0 N–H and O–H groups in total. The molecule has 0 aliphatic carbocycles. The molecule has 4 aromatic rings. The molecule has 0 saturated carbocycles. The number of hydrogen-bond acceptors (Lipinski definition) is 6. The quantitative estimate of drug-likeness (QED) is 0.514. The third kappa shape index (κ3) is 3.23. The van der Waals surface area contributed by atoms with Crippen molar-refractivity contribution in [2.45, 2.75) is 13.5 Å². The lowest BCUT2D eigenvalue weighted by molar-refractivity contribution is 0.268. The summed E-state index contributed by atoms with van der Waals surface area (Å²) in [4.78, 5) is 0.626. The number of hydrogen-bond donors (Lipinski definition) is 0. The molecule has 0 amide bonds. The van der Waals surface area contributed by atoms with Crippen LogP contribution in [-0.2, 0) is 6.61 Å². The van der Waals surface area contributed by atoms with E-state index in [0.717, 1.165) is 5.01 Å². The molecule has 0 saturated heterocycles. The van der Waals surface area contributed by atoms with Gasteiger partial charge in [-0.15, -0.1) is 10.2 Å². The smallest absolute Gasteiger partial charge is 0.235 e. The number of para-hydroxylation sites is 2. The van der Waals surface area contributed by atoms with Gasteiger partial charge < -0.3 is 9.47 Å². The van der Waals surface area contributed by atoms with Gasteiger partial charge in [-0.3, -0.25) is 0 Å². The number of rotatable bonds is 6. The first kappa shape index (κ1) is 16.5. The average Bonchev–Trinajstić information content (AvgIpc) is 3.21. The highest BCUT2D eigenvalue weighted by Crippen LogP contribution is 2.28.